The van der Waals surface area contributed by atoms with Gasteiger partial charge < -0.3 is 21.3 Å². The lowest BCUT2D eigenvalue weighted by Crippen LogP contribution is -2.47. The predicted molar refractivity (Wildman–Crippen MR) is 73.9 cm³/mol. The first-order chi connectivity index (χ1) is 8.81. The molecule has 0 fully saturated rings. The molecular formula is C14H22N2O3. The lowest BCUT2D eigenvalue weighted by atomic mass is 10.0. The smallest absolute Gasteiger partial charge is 0.237 e. The average molecular weight is 266 g/mol. The molecule has 1 amide bonds. The molecule has 0 saturated carbocycles. The first kappa shape index (κ1) is 15.3. The van der Waals surface area contributed by atoms with Crippen molar-refractivity contribution in [1.29, 1.82) is 0 Å². The highest BCUT2D eigenvalue weighted by Gasteiger charge is 2.18. The summed E-state index contributed by atoms with van der Waals surface area (Å²) in [5.74, 6) is -0.265. The number of hydrogen-bond donors (Lipinski definition) is 4. The van der Waals surface area contributed by atoms with E-state index in [1.165, 1.54) is 12.1 Å². The maximum Gasteiger partial charge on any atom is 0.237 e. The lowest BCUT2D eigenvalue weighted by Gasteiger charge is -2.20. The molecule has 0 saturated heterocycles. The summed E-state index contributed by atoms with van der Waals surface area (Å²) in [7, 11) is 0. The minimum Gasteiger partial charge on any atom is -0.504 e. The highest BCUT2D eigenvalue weighted by molar-refractivity contribution is 5.82. The summed E-state index contributed by atoms with van der Waals surface area (Å²) in [5, 5.41) is 21.4. The van der Waals surface area contributed by atoms with Crippen molar-refractivity contribution in [3.8, 4) is 11.5 Å². The van der Waals surface area contributed by atoms with E-state index in [-0.39, 0.29) is 23.4 Å². The summed E-state index contributed by atoms with van der Waals surface area (Å²) in [6, 6.07) is 3.81. The van der Waals surface area contributed by atoms with Crippen LogP contribution in [0.15, 0.2) is 18.2 Å². The van der Waals surface area contributed by atoms with Crippen molar-refractivity contribution in [1.82, 2.24) is 5.32 Å². The Kier molecular flexibility index (Phi) is 5.18. The van der Waals surface area contributed by atoms with Crippen LogP contribution in [0.5, 0.6) is 11.5 Å². The number of amides is 1. The van der Waals surface area contributed by atoms with E-state index in [2.05, 4.69) is 5.32 Å². The van der Waals surface area contributed by atoms with Crippen molar-refractivity contribution < 1.29 is 15.0 Å². The van der Waals surface area contributed by atoms with Gasteiger partial charge in [0.1, 0.15) is 0 Å². The molecule has 0 bridgehead atoms. The molecule has 5 heteroatoms. The summed E-state index contributed by atoms with van der Waals surface area (Å²) in [5.41, 5.74) is 6.53. The minimum atomic E-state index is -0.676. The molecular weight excluding hydrogens is 244 g/mol. The van der Waals surface area contributed by atoms with Gasteiger partial charge in [-0.05, 0) is 37.0 Å². The molecule has 1 aromatic carbocycles. The van der Waals surface area contributed by atoms with Crippen LogP contribution in [0.2, 0.25) is 0 Å². The largest absolute Gasteiger partial charge is 0.504 e. The Morgan fingerprint density at radius 1 is 1.26 bits per heavy atom. The molecule has 1 aromatic rings. The van der Waals surface area contributed by atoms with Crippen molar-refractivity contribution in [2.75, 3.05) is 0 Å². The number of aromatic hydroxyl groups is 2. The molecule has 1 unspecified atom stereocenters. The molecule has 0 aliphatic rings. The normalized spacial score (nSPS) is 14.2. The molecule has 0 aliphatic heterocycles. The van der Waals surface area contributed by atoms with Gasteiger partial charge in [-0.2, -0.15) is 0 Å². The lowest BCUT2D eigenvalue weighted by molar-refractivity contribution is -0.123. The fraction of sp³-hybridized carbons (Fsp3) is 0.500. The van der Waals surface area contributed by atoms with E-state index in [0.717, 1.165) is 0 Å². The highest BCUT2D eigenvalue weighted by atomic mass is 16.3. The van der Waals surface area contributed by atoms with Crippen LogP contribution >= 0.6 is 0 Å². The van der Waals surface area contributed by atoms with Crippen LogP contribution in [-0.2, 0) is 11.2 Å². The first-order valence-corrected chi connectivity index (χ1v) is 6.38. The van der Waals surface area contributed by atoms with Crippen LogP contribution in [0, 0.1) is 5.92 Å². The summed E-state index contributed by atoms with van der Waals surface area (Å²) in [6.07, 6.45) is 0.310. The van der Waals surface area contributed by atoms with Crippen molar-refractivity contribution in [3.63, 3.8) is 0 Å². The van der Waals surface area contributed by atoms with Gasteiger partial charge in [-0.1, -0.05) is 19.9 Å². The Labute approximate surface area is 113 Å². The van der Waals surface area contributed by atoms with Crippen molar-refractivity contribution in [2.24, 2.45) is 11.7 Å². The summed E-state index contributed by atoms with van der Waals surface area (Å²) >= 11 is 0. The predicted octanol–water partition coefficient (Wildman–Crippen LogP) is 1.13. The molecule has 0 heterocycles. The van der Waals surface area contributed by atoms with E-state index in [4.69, 9.17) is 5.73 Å². The fourth-order valence-electron chi connectivity index (χ4n) is 1.54. The van der Waals surface area contributed by atoms with Gasteiger partial charge in [0.15, 0.2) is 11.5 Å². The van der Waals surface area contributed by atoms with Gasteiger partial charge in [0.05, 0.1) is 6.04 Å². The van der Waals surface area contributed by atoms with Crippen LogP contribution in [0.4, 0.5) is 0 Å². The number of rotatable bonds is 5. The van der Waals surface area contributed by atoms with Crippen LogP contribution in [0.25, 0.3) is 0 Å². The number of phenols is 2. The van der Waals surface area contributed by atoms with E-state index >= 15 is 0 Å². The first-order valence-electron chi connectivity index (χ1n) is 6.38. The number of phenolic OH excluding ortho intramolecular Hbond substituents is 2. The molecule has 0 spiro atoms. The van der Waals surface area contributed by atoms with E-state index in [0.29, 0.717) is 17.9 Å². The monoisotopic (exact) mass is 266 g/mol. The standard InChI is InChI=1S/C14H22N2O3/c1-8(2)9(3)16-14(19)11(15)6-10-4-5-12(17)13(18)7-10/h4-5,7-9,11,17-18H,6,15H2,1-3H3,(H,16,19)/t9?,11-/m0/s1. The maximum absolute atomic E-state index is 11.9. The zero-order valence-corrected chi connectivity index (χ0v) is 11.6. The fourth-order valence-corrected chi connectivity index (χ4v) is 1.54. The quantitative estimate of drug-likeness (QED) is 0.601. The Balaban J connectivity index is 2.61. The van der Waals surface area contributed by atoms with Gasteiger partial charge in [0.25, 0.3) is 0 Å². The number of hydrogen-bond acceptors (Lipinski definition) is 4. The average Bonchev–Trinajstić information content (AvgIpc) is 2.33. The van der Waals surface area contributed by atoms with Crippen molar-refractivity contribution >= 4 is 5.91 Å². The molecule has 5 N–H and O–H groups in total. The van der Waals surface area contributed by atoms with Crippen LogP contribution < -0.4 is 11.1 Å². The third kappa shape index (κ3) is 4.44. The van der Waals surface area contributed by atoms with Crippen LogP contribution in [0.1, 0.15) is 26.3 Å². The summed E-state index contributed by atoms with van der Waals surface area (Å²) in [6.45, 7) is 5.98. The molecule has 0 radical (unpaired) electrons. The Morgan fingerprint density at radius 3 is 2.42 bits per heavy atom. The topological polar surface area (TPSA) is 95.6 Å². The molecule has 0 aromatic heterocycles. The summed E-state index contributed by atoms with van der Waals surface area (Å²) in [4.78, 5) is 11.9. The SMILES string of the molecule is CC(C)C(C)NC(=O)[C@@H](N)Cc1ccc(O)c(O)c1. The van der Waals surface area contributed by atoms with Crippen molar-refractivity contribution in [3.05, 3.63) is 23.8 Å². The third-order valence-electron chi connectivity index (χ3n) is 3.20. The molecule has 2 atom stereocenters. The maximum atomic E-state index is 11.9. The van der Waals surface area contributed by atoms with E-state index in [9.17, 15) is 15.0 Å². The van der Waals surface area contributed by atoms with Crippen molar-refractivity contribution in [2.45, 2.75) is 39.3 Å². The molecule has 19 heavy (non-hydrogen) atoms. The zero-order chi connectivity index (χ0) is 14.6. The number of nitrogens with two attached hydrogens (primary N) is 1. The highest BCUT2D eigenvalue weighted by Crippen LogP contribution is 2.25. The van der Waals surface area contributed by atoms with Gasteiger partial charge >= 0.3 is 0 Å². The summed E-state index contributed by atoms with van der Waals surface area (Å²) < 4.78 is 0. The van der Waals surface area contributed by atoms with Crippen LogP contribution in [0.3, 0.4) is 0 Å². The molecule has 1 rings (SSSR count). The van der Waals surface area contributed by atoms with Crippen LogP contribution in [-0.4, -0.2) is 28.2 Å². The zero-order valence-electron chi connectivity index (χ0n) is 11.6. The second kappa shape index (κ2) is 6.43. The van der Waals surface area contributed by atoms with E-state index < -0.39 is 6.04 Å². The number of carbonyl (C=O) groups excluding carboxylic acids is 1. The van der Waals surface area contributed by atoms with Gasteiger partial charge in [0.2, 0.25) is 5.91 Å². The van der Waals surface area contributed by atoms with Gasteiger partial charge in [-0.15, -0.1) is 0 Å². The molecule has 5 nitrogen and oxygen atoms in total. The van der Waals surface area contributed by atoms with E-state index in [1.54, 1.807) is 6.07 Å². The van der Waals surface area contributed by atoms with Gasteiger partial charge in [-0.25, -0.2) is 0 Å². The Hall–Kier alpha value is -1.75. The van der Waals surface area contributed by atoms with Gasteiger partial charge in [-0.3, -0.25) is 4.79 Å². The third-order valence-corrected chi connectivity index (χ3v) is 3.20. The second-order valence-electron chi connectivity index (χ2n) is 5.17. The van der Waals surface area contributed by atoms with Gasteiger partial charge in [0, 0.05) is 6.04 Å². The second-order valence-corrected chi connectivity index (χ2v) is 5.17. The van der Waals surface area contributed by atoms with E-state index in [1.807, 2.05) is 20.8 Å². The number of benzene rings is 1. The molecule has 0 aliphatic carbocycles. The number of carbonyl (C=O) groups is 1. The Morgan fingerprint density at radius 2 is 1.89 bits per heavy atom. The minimum absolute atomic E-state index is 0.0618. The molecule has 106 valence electrons. The number of nitrogens with one attached hydrogen (secondary N) is 1. The Bertz CT molecular complexity index is 446.